The molecule has 0 saturated carbocycles. The third-order valence-electron chi connectivity index (χ3n) is 7.48. The van der Waals surface area contributed by atoms with Crippen molar-refractivity contribution in [1.82, 2.24) is 9.55 Å². The normalized spacial score (nSPS) is 11.8. The highest BCUT2D eigenvalue weighted by atomic mass is 16.3. The lowest BCUT2D eigenvalue weighted by atomic mass is 10.0. The second-order valence-corrected chi connectivity index (χ2v) is 9.62. The van der Waals surface area contributed by atoms with Gasteiger partial charge in [0, 0.05) is 27.3 Å². The summed E-state index contributed by atoms with van der Waals surface area (Å²) in [6.07, 6.45) is 2.62. The van der Waals surface area contributed by atoms with E-state index in [2.05, 4.69) is 35.4 Å². The number of rotatable bonds is 4. The van der Waals surface area contributed by atoms with E-state index in [9.17, 15) is 4.79 Å². The van der Waals surface area contributed by atoms with Crippen molar-refractivity contribution in [2.45, 2.75) is 0 Å². The van der Waals surface area contributed by atoms with Gasteiger partial charge in [0.1, 0.15) is 16.7 Å². The van der Waals surface area contributed by atoms with Crippen LogP contribution in [0.2, 0.25) is 0 Å². The Morgan fingerprint density at radius 2 is 1.54 bits per heavy atom. The minimum absolute atomic E-state index is 0.564. The number of furan rings is 1. The number of carbonyl (C=O) groups excluding carboxylic acids is 1. The Morgan fingerprint density at radius 1 is 0.692 bits per heavy atom. The van der Waals surface area contributed by atoms with Crippen LogP contribution in [0.25, 0.3) is 78.1 Å². The molecule has 0 aliphatic rings. The Balaban J connectivity index is 1.46. The van der Waals surface area contributed by atoms with Crippen molar-refractivity contribution in [3.05, 3.63) is 115 Å². The molecule has 0 spiro atoms. The SMILES string of the molecule is C=Cc1cc2c3ccccc3n(-c3cccc4oc5ccc(-c6nc7ccccc7o6)cc5c34)c2cc1C=O. The number of aldehydes is 1. The second-order valence-electron chi connectivity index (χ2n) is 9.62. The van der Waals surface area contributed by atoms with Crippen LogP contribution in [-0.2, 0) is 0 Å². The largest absolute Gasteiger partial charge is 0.456 e. The summed E-state index contributed by atoms with van der Waals surface area (Å²) in [6, 6.07) is 32.1. The van der Waals surface area contributed by atoms with E-state index in [0.29, 0.717) is 11.5 Å². The first kappa shape index (κ1) is 21.6. The monoisotopic (exact) mass is 504 g/mol. The van der Waals surface area contributed by atoms with Gasteiger partial charge in [-0.1, -0.05) is 49.1 Å². The van der Waals surface area contributed by atoms with Crippen LogP contribution in [0.5, 0.6) is 0 Å². The van der Waals surface area contributed by atoms with Gasteiger partial charge >= 0.3 is 0 Å². The molecule has 3 heterocycles. The van der Waals surface area contributed by atoms with Crippen molar-refractivity contribution in [2.24, 2.45) is 0 Å². The van der Waals surface area contributed by atoms with Crippen molar-refractivity contribution in [1.29, 1.82) is 0 Å². The van der Waals surface area contributed by atoms with E-state index in [-0.39, 0.29) is 0 Å². The summed E-state index contributed by atoms with van der Waals surface area (Å²) in [5.74, 6) is 0.564. The minimum Gasteiger partial charge on any atom is -0.456 e. The molecule has 5 nitrogen and oxygen atoms in total. The summed E-state index contributed by atoms with van der Waals surface area (Å²) in [5.41, 5.74) is 8.37. The molecule has 184 valence electrons. The number of hydrogen-bond acceptors (Lipinski definition) is 4. The van der Waals surface area contributed by atoms with Gasteiger partial charge in [-0.2, -0.15) is 0 Å². The fourth-order valence-electron chi connectivity index (χ4n) is 5.71. The Bertz CT molecular complexity index is 2250. The van der Waals surface area contributed by atoms with Crippen LogP contribution in [0.15, 0.2) is 112 Å². The zero-order valence-electron chi connectivity index (χ0n) is 20.7. The van der Waals surface area contributed by atoms with Crippen molar-refractivity contribution >= 4 is 67.2 Å². The van der Waals surface area contributed by atoms with Crippen LogP contribution in [0.3, 0.4) is 0 Å². The Labute approximate surface area is 222 Å². The summed E-state index contributed by atoms with van der Waals surface area (Å²) in [7, 11) is 0. The topological polar surface area (TPSA) is 61.2 Å². The molecule has 0 N–H and O–H groups in total. The number of hydrogen-bond donors (Lipinski definition) is 0. The predicted octanol–water partition coefficient (Wildman–Crippen LogP) is 8.95. The predicted molar refractivity (Wildman–Crippen MR) is 157 cm³/mol. The molecule has 0 unspecified atom stereocenters. The Kier molecular flexibility index (Phi) is 4.46. The van der Waals surface area contributed by atoms with Gasteiger partial charge in [0.15, 0.2) is 11.9 Å². The van der Waals surface area contributed by atoms with E-state index in [1.807, 2.05) is 72.8 Å². The second kappa shape index (κ2) is 8.04. The third kappa shape index (κ3) is 3.07. The summed E-state index contributed by atoms with van der Waals surface area (Å²) in [4.78, 5) is 16.7. The molecule has 0 amide bonds. The summed E-state index contributed by atoms with van der Waals surface area (Å²) in [6.45, 7) is 3.92. The van der Waals surface area contributed by atoms with Gasteiger partial charge < -0.3 is 13.4 Å². The molecule has 0 atom stereocenters. The molecular weight excluding hydrogens is 484 g/mol. The number of benzene rings is 5. The van der Waals surface area contributed by atoms with E-state index < -0.39 is 0 Å². The summed E-state index contributed by atoms with van der Waals surface area (Å²) < 4.78 is 14.6. The smallest absolute Gasteiger partial charge is 0.227 e. The van der Waals surface area contributed by atoms with Crippen molar-refractivity contribution < 1.29 is 13.6 Å². The molecular formula is C34H20N2O3. The summed E-state index contributed by atoms with van der Waals surface area (Å²) >= 11 is 0. The first-order valence-corrected chi connectivity index (χ1v) is 12.7. The van der Waals surface area contributed by atoms with Crippen LogP contribution in [-0.4, -0.2) is 15.8 Å². The lowest BCUT2D eigenvalue weighted by molar-refractivity contribution is 0.112. The molecule has 0 saturated heterocycles. The van der Waals surface area contributed by atoms with Gasteiger partial charge in [-0.05, 0) is 66.2 Å². The maximum absolute atomic E-state index is 12.0. The van der Waals surface area contributed by atoms with Gasteiger partial charge in [0.2, 0.25) is 5.89 Å². The number of nitrogens with zero attached hydrogens (tertiary/aromatic N) is 2. The number of para-hydroxylation sites is 3. The first-order valence-electron chi connectivity index (χ1n) is 12.7. The average Bonchev–Trinajstić information content (AvgIpc) is 3.67. The third-order valence-corrected chi connectivity index (χ3v) is 7.48. The van der Waals surface area contributed by atoms with Crippen LogP contribution in [0.4, 0.5) is 0 Å². The molecule has 5 aromatic carbocycles. The average molecular weight is 505 g/mol. The van der Waals surface area contributed by atoms with Crippen LogP contribution < -0.4 is 0 Å². The highest BCUT2D eigenvalue weighted by molar-refractivity contribution is 6.15. The van der Waals surface area contributed by atoms with Crippen molar-refractivity contribution in [3.8, 4) is 17.1 Å². The highest BCUT2D eigenvalue weighted by Crippen LogP contribution is 2.40. The van der Waals surface area contributed by atoms with E-state index in [1.165, 1.54) is 0 Å². The van der Waals surface area contributed by atoms with Gasteiger partial charge in [-0.3, -0.25) is 4.79 Å². The quantitative estimate of drug-likeness (QED) is 0.224. The van der Waals surface area contributed by atoms with Gasteiger partial charge in [0.05, 0.1) is 22.1 Å². The lowest BCUT2D eigenvalue weighted by Gasteiger charge is -2.10. The molecule has 0 bridgehead atoms. The molecule has 8 aromatic rings. The van der Waals surface area contributed by atoms with Crippen molar-refractivity contribution in [3.63, 3.8) is 0 Å². The first-order chi connectivity index (χ1) is 19.2. The molecule has 0 fully saturated rings. The van der Waals surface area contributed by atoms with Crippen LogP contribution >= 0.6 is 0 Å². The minimum atomic E-state index is 0.564. The molecule has 5 heteroatoms. The maximum Gasteiger partial charge on any atom is 0.227 e. The zero-order chi connectivity index (χ0) is 26.1. The molecule has 0 aliphatic heterocycles. The van der Waals surface area contributed by atoms with Crippen LogP contribution in [0, 0.1) is 0 Å². The highest BCUT2D eigenvalue weighted by Gasteiger charge is 2.20. The van der Waals surface area contributed by atoms with E-state index >= 15 is 0 Å². The van der Waals surface area contributed by atoms with Gasteiger partial charge in [-0.25, -0.2) is 4.98 Å². The number of fused-ring (bicyclic) bond motifs is 7. The molecule has 0 aliphatic carbocycles. The number of oxazole rings is 1. The fourth-order valence-corrected chi connectivity index (χ4v) is 5.71. The van der Waals surface area contributed by atoms with Gasteiger partial charge in [-0.15, -0.1) is 0 Å². The maximum atomic E-state index is 12.0. The molecule has 3 aromatic heterocycles. The zero-order valence-corrected chi connectivity index (χ0v) is 20.7. The van der Waals surface area contributed by atoms with E-state index in [1.54, 1.807) is 6.08 Å². The van der Waals surface area contributed by atoms with Crippen LogP contribution in [0.1, 0.15) is 15.9 Å². The Hall–Kier alpha value is -5.42. The molecule has 39 heavy (non-hydrogen) atoms. The molecule has 0 radical (unpaired) electrons. The van der Waals surface area contributed by atoms with E-state index in [4.69, 9.17) is 13.8 Å². The Morgan fingerprint density at radius 3 is 2.41 bits per heavy atom. The summed E-state index contributed by atoms with van der Waals surface area (Å²) in [5, 5.41) is 4.10. The standard InChI is InChI=1S/C34H20N2O3/c1-2-20-16-24-23-8-3-5-10-27(23)36(29(24)18-22(20)19-37)28-11-7-13-32-33(28)25-17-21(14-15-30(25)38-32)34-35-26-9-4-6-12-31(26)39-34/h2-19H,1H2. The number of aromatic nitrogens is 2. The van der Waals surface area contributed by atoms with Gasteiger partial charge in [0.25, 0.3) is 0 Å². The fraction of sp³-hybridized carbons (Fsp3) is 0. The molecule has 8 rings (SSSR count). The van der Waals surface area contributed by atoms with Crippen molar-refractivity contribution in [2.75, 3.05) is 0 Å². The number of carbonyl (C=O) groups is 1. The van der Waals surface area contributed by atoms with E-state index in [0.717, 1.165) is 77.9 Å². The lowest BCUT2D eigenvalue weighted by Crippen LogP contribution is -1.96.